The number of amides is 1. The van der Waals surface area contributed by atoms with Crippen molar-refractivity contribution < 1.29 is 4.79 Å². The molecule has 0 atom stereocenters. The van der Waals surface area contributed by atoms with Crippen molar-refractivity contribution in [2.45, 2.75) is 13.5 Å². The van der Waals surface area contributed by atoms with E-state index in [4.69, 9.17) is 23.2 Å². The van der Waals surface area contributed by atoms with Gasteiger partial charge in [-0.3, -0.25) is 14.3 Å². The van der Waals surface area contributed by atoms with E-state index >= 15 is 0 Å². The Labute approximate surface area is 147 Å². The van der Waals surface area contributed by atoms with Crippen LogP contribution in [-0.4, -0.2) is 15.7 Å². The Balaban J connectivity index is 2.12. The van der Waals surface area contributed by atoms with E-state index in [9.17, 15) is 9.59 Å². The Morgan fingerprint density at radius 3 is 2.67 bits per heavy atom. The SMILES string of the molecule is CCn1nc(C(=O)Nc2ccccc2Cl)c(=O)c2cc(Cl)ccc21. The number of aryl methyl sites for hydroxylation is 1. The first kappa shape index (κ1) is 16.5. The molecule has 1 amide bonds. The first-order chi connectivity index (χ1) is 11.5. The lowest BCUT2D eigenvalue weighted by atomic mass is 10.2. The molecule has 0 bridgehead atoms. The van der Waals surface area contributed by atoms with Crippen LogP contribution in [0.4, 0.5) is 5.69 Å². The summed E-state index contributed by atoms with van der Waals surface area (Å²) >= 11 is 12.0. The number of nitrogens with one attached hydrogen (secondary N) is 1. The molecule has 0 saturated carbocycles. The average molecular weight is 362 g/mol. The molecule has 0 fully saturated rings. The number of carbonyl (C=O) groups excluding carboxylic acids is 1. The van der Waals surface area contributed by atoms with Crippen molar-refractivity contribution in [3.05, 3.63) is 68.4 Å². The zero-order chi connectivity index (χ0) is 17.3. The zero-order valence-corrected chi connectivity index (χ0v) is 14.2. The Hall–Kier alpha value is -2.37. The highest BCUT2D eigenvalue weighted by molar-refractivity contribution is 6.34. The molecule has 0 aliphatic carbocycles. The number of aromatic nitrogens is 2. The van der Waals surface area contributed by atoms with Crippen molar-refractivity contribution in [2.24, 2.45) is 0 Å². The minimum atomic E-state index is -0.614. The number of fused-ring (bicyclic) bond motifs is 1. The van der Waals surface area contributed by atoms with E-state index in [1.165, 1.54) is 0 Å². The maximum absolute atomic E-state index is 12.6. The number of halogens is 2. The third-order valence-corrected chi connectivity index (χ3v) is 4.12. The Morgan fingerprint density at radius 2 is 1.96 bits per heavy atom. The molecule has 0 aliphatic rings. The van der Waals surface area contributed by atoms with E-state index in [2.05, 4.69) is 10.4 Å². The number of rotatable bonds is 3. The molecule has 0 unspecified atom stereocenters. The number of benzene rings is 2. The van der Waals surface area contributed by atoms with E-state index in [0.29, 0.717) is 33.2 Å². The van der Waals surface area contributed by atoms with Crippen LogP contribution >= 0.6 is 23.2 Å². The van der Waals surface area contributed by atoms with E-state index in [0.717, 1.165) is 0 Å². The van der Waals surface area contributed by atoms with Crippen LogP contribution in [0.1, 0.15) is 17.4 Å². The quantitative estimate of drug-likeness (QED) is 0.767. The van der Waals surface area contributed by atoms with Gasteiger partial charge >= 0.3 is 0 Å². The third kappa shape index (κ3) is 3.00. The predicted molar refractivity (Wildman–Crippen MR) is 96.1 cm³/mol. The maximum atomic E-state index is 12.6. The van der Waals surface area contributed by atoms with Gasteiger partial charge < -0.3 is 5.32 Å². The summed E-state index contributed by atoms with van der Waals surface area (Å²) in [5.41, 5.74) is 0.370. The fourth-order valence-corrected chi connectivity index (χ4v) is 2.75. The summed E-state index contributed by atoms with van der Waals surface area (Å²) in [7, 11) is 0. The first-order valence-electron chi connectivity index (χ1n) is 7.27. The summed E-state index contributed by atoms with van der Waals surface area (Å²) in [6.07, 6.45) is 0. The second-order valence-electron chi connectivity index (χ2n) is 5.09. The predicted octanol–water partition coefficient (Wildman–Crippen LogP) is 3.98. The number of carbonyl (C=O) groups is 1. The van der Waals surface area contributed by atoms with E-state index in [1.54, 1.807) is 47.1 Å². The van der Waals surface area contributed by atoms with Crippen LogP contribution < -0.4 is 10.7 Å². The molecule has 0 saturated heterocycles. The molecule has 24 heavy (non-hydrogen) atoms. The lowest BCUT2D eigenvalue weighted by molar-refractivity contribution is 0.101. The highest BCUT2D eigenvalue weighted by Gasteiger charge is 2.18. The van der Waals surface area contributed by atoms with Gasteiger partial charge in [0.2, 0.25) is 5.43 Å². The van der Waals surface area contributed by atoms with Crippen molar-refractivity contribution in [3.8, 4) is 0 Å². The highest BCUT2D eigenvalue weighted by atomic mass is 35.5. The van der Waals surface area contributed by atoms with Gasteiger partial charge in [0.15, 0.2) is 5.69 Å². The van der Waals surface area contributed by atoms with E-state index in [-0.39, 0.29) is 5.69 Å². The summed E-state index contributed by atoms with van der Waals surface area (Å²) in [5.74, 6) is -0.614. The van der Waals surface area contributed by atoms with Gasteiger partial charge in [-0.25, -0.2) is 0 Å². The van der Waals surface area contributed by atoms with Crippen LogP contribution in [0.5, 0.6) is 0 Å². The number of hydrogen-bond donors (Lipinski definition) is 1. The minimum Gasteiger partial charge on any atom is -0.319 e. The third-order valence-electron chi connectivity index (χ3n) is 3.55. The van der Waals surface area contributed by atoms with E-state index in [1.807, 2.05) is 6.92 Å². The van der Waals surface area contributed by atoms with Gasteiger partial charge in [-0.15, -0.1) is 0 Å². The fourth-order valence-electron chi connectivity index (χ4n) is 2.40. The smallest absolute Gasteiger partial charge is 0.280 e. The molecule has 122 valence electrons. The van der Waals surface area contributed by atoms with Crippen LogP contribution in [0.25, 0.3) is 10.9 Å². The molecule has 0 aliphatic heterocycles. The Bertz CT molecular complexity index is 999. The van der Waals surface area contributed by atoms with Crippen LogP contribution in [0, 0.1) is 0 Å². The molecule has 0 spiro atoms. The number of para-hydroxylation sites is 1. The van der Waals surface area contributed by atoms with Gasteiger partial charge in [-0.1, -0.05) is 35.3 Å². The maximum Gasteiger partial charge on any atom is 0.280 e. The molecular weight excluding hydrogens is 349 g/mol. The molecule has 1 N–H and O–H groups in total. The summed E-state index contributed by atoms with van der Waals surface area (Å²) < 4.78 is 1.59. The van der Waals surface area contributed by atoms with Gasteiger partial charge in [0.05, 0.1) is 21.6 Å². The first-order valence-corrected chi connectivity index (χ1v) is 8.03. The standard InChI is InChI=1S/C17H13Cl2N3O2/c1-2-22-14-8-7-10(18)9-11(14)16(23)15(21-22)17(24)20-13-6-4-3-5-12(13)19/h3-9H,2H2,1H3,(H,20,24). The molecular formula is C17H13Cl2N3O2. The van der Waals surface area contributed by atoms with Crippen molar-refractivity contribution >= 4 is 45.7 Å². The van der Waals surface area contributed by atoms with E-state index < -0.39 is 11.3 Å². The molecule has 3 aromatic rings. The van der Waals surface area contributed by atoms with Gasteiger partial charge in [-0.05, 0) is 37.3 Å². The van der Waals surface area contributed by atoms with Gasteiger partial charge in [-0.2, -0.15) is 5.10 Å². The normalized spacial score (nSPS) is 10.8. The highest BCUT2D eigenvalue weighted by Crippen LogP contribution is 2.21. The van der Waals surface area contributed by atoms with Crippen molar-refractivity contribution in [1.29, 1.82) is 0 Å². The van der Waals surface area contributed by atoms with Crippen LogP contribution in [-0.2, 0) is 6.54 Å². The molecule has 7 heteroatoms. The lowest BCUT2D eigenvalue weighted by Gasteiger charge is -2.11. The number of anilines is 1. The largest absolute Gasteiger partial charge is 0.319 e. The summed E-state index contributed by atoms with van der Waals surface area (Å²) in [5, 5.41) is 7.95. The van der Waals surface area contributed by atoms with Gasteiger partial charge in [0, 0.05) is 11.6 Å². The number of hydrogen-bond acceptors (Lipinski definition) is 3. The second-order valence-corrected chi connectivity index (χ2v) is 5.93. The van der Waals surface area contributed by atoms with Crippen LogP contribution in [0.2, 0.25) is 10.0 Å². The fraction of sp³-hybridized carbons (Fsp3) is 0.118. The van der Waals surface area contributed by atoms with Crippen LogP contribution in [0.3, 0.4) is 0 Å². The molecule has 0 radical (unpaired) electrons. The van der Waals surface area contributed by atoms with Crippen molar-refractivity contribution in [1.82, 2.24) is 9.78 Å². The molecule has 5 nitrogen and oxygen atoms in total. The molecule has 1 heterocycles. The zero-order valence-electron chi connectivity index (χ0n) is 12.7. The van der Waals surface area contributed by atoms with Crippen LogP contribution in [0.15, 0.2) is 47.3 Å². The topological polar surface area (TPSA) is 64.0 Å². The number of nitrogens with zero attached hydrogens (tertiary/aromatic N) is 2. The summed E-state index contributed by atoms with van der Waals surface area (Å²) in [6.45, 7) is 2.38. The summed E-state index contributed by atoms with van der Waals surface area (Å²) in [4.78, 5) is 25.1. The molecule has 2 aromatic carbocycles. The Kier molecular flexibility index (Phi) is 4.55. The molecule has 3 rings (SSSR count). The van der Waals surface area contributed by atoms with Gasteiger partial charge in [0.25, 0.3) is 5.91 Å². The summed E-state index contributed by atoms with van der Waals surface area (Å²) in [6, 6.07) is 11.7. The lowest BCUT2D eigenvalue weighted by Crippen LogP contribution is -2.27. The average Bonchev–Trinajstić information content (AvgIpc) is 2.57. The van der Waals surface area contributed by atoms with Crippen molar-refractivity contribution in [2.75, 3.05) is 5.32 Å². The second kappa shape index (κ2) is 6.63. The Morgan fingerprint density at radius 1 is 1.21 bits per heavy atom. The minimum absolute atomic E-state index is 0.202. The van der Waals surface area contributed by atoms with Crippen molar-refractivity contribution in [3.63, 3.8) is 0 Å². The monoisotopic (exact) mass is 361 g/mol. The van der Waals surface area contributed by atoms with Gasteiger partial charge in [0.1, 0.15) is 0 Å². The molecule has 1 aromatic heterocycles.